The lowest BCUT2D eigenvalue weighted by Crippen LogP contribution is -2.36. The molecule has 1 aromatic heterocycles. The van der Waals surface area contributed by atoms with Crippen LogP contribution in [0.15, 0.2) is 36.5 Å². The number of nitrogens with zero attached hydrogens (tertiary/aromatic N) is 1. The fourth-order valence-electron chi connectivity index (χ4n) is 2.41. The fraction of sp³-hybridized carbons (Fsp3) is 0.333. The molecule has 100 valence electrons. The monoisotopic (exact) mass is 258 g/mol. The molecular formula is C15H18N2O2. The first-order valence-corrected chi connectivity index (χ1v) is 6.53. The number of nitrogens with one attached hydrogen (secondary N) is 1. The van der Waals surface area contributed by atoms with Crippen LogP contribution in [0.3, 0.4) is 0 Å². The lowest BCUT2D eigenvalue weighted by atomic mass is 10.1. The van der Waals surface area contributed by atoms with Gasteiger partial charge in [-0.2, -0.15) is 0 Å². The lowest BCUT2D eigenvalue weighted by Gasteiger charge is -2.28. The number of ether oxygens (including phenoxy) is 2. The number of rotatable bonds is 3. The summed E-state index contributed by atoms with van der Waals surface area (Å²) in [5.41, 5.74) is 3.41. The summed E-state index contributed by atoms with van der Waals surface area (Å²) in [5, 5.41) is 0. The van der Waals surface area contributed by atoms with Gasteiger partial charge in [0.25, 0.3) is 0 Å². The van der Waals surface area contributed by atoms with Gasteiger partial charge in [-0.3, -0.25) is 0 Å². The quantitative estimate of drug-likeness (QED) is 0.919. The molecule has 1 aromatic carbocycles. The molecule has 2 heterocycles. The lowest BCUT2D eigenvalue weighted by molar-refractivity contribution is 0.122. The summed E-state index contributed by atoms with van der Waals surface area (Å²) in [6, 6.07) is 10.5. The predicted octanol–water partition coefficient (Wildman–Crippen LogP) is 2.53. The Labute approximate surface area is 113 Å². The van der Waals surface area contributed by atoms with E-state index in [0.29, 0.717) is 0 Å². The molecule has 0 aliphatic carbocycles. The summed E-state index contributed by atoms with van der Waals surface area (Å²) >= 11 is 0. The molecule has 19 heavy (non-hydrogen) atoms. The SMILES string of the molecule is COc1cc[nH]c1-c1ccc(N2CCOCC2)cc1. The maximum absolute atomic E-state index is 5.37. The van der Waals surface area contributed by atoms with E-state index in [2.05, 4.69) is 34.1 Å². The Bertz CT molecular complexity index is 527. The Morgan fingerprint density at radius 3 is 2.53 bits per heavy atom. The van der Waals surface area contributed by atoms with E-state index in [-0.39, 0.29) is 0 Å². The van der Waals surface area contributed by atoms with Crippen molar-refractivity contribution in [1.82, 2.24) is 4.98 Å². The van der Waals surface area contributed by atoms with Gasteiger partial charge in [-0.15, -0.1) is 0 Å². The Hall–Kier alpha value is -1.94. The normalized spacial score (nSPS) is 15.5. The van der Waals surface area contributed by atoms with Crippen LogP contribution >= 0.6 is 0 Å². The average molecular weight is 258 g/mol. The van der Waals surface area contributed by atoms with Crippen molar-refractivity contribution in [2.45, 2.75) is 0 Å². The zero-order valence-corrected chi connectivity index (χ0v) is 11.1. The predicted molar refractivity (Wildman–Crippen MR) is 75.8 cm³/mol. The summed E-state index contributed by atoms with van der Waals surface area (Å²) in [6.45, 7) is 3.55. The number of H-pyrrole nitrogens is 1. The van der Waals surface area contributed by atoms with Crippen molar-refractivity contribution in [2.24, 2.45) is 0 Å². The number of hydrogen-bond donors (Lipinski definition) is 1. The van der Waals surface area contributed by atoms with Crippen LogP contribution in [0.1, 0.15) is 0 Å². The molecule has 0 bridgehead atoms. The smallest absolute Gasteiger partial charge is 0.144 e. The van der Waals surface area contributed by atoms with Gasteiger partial charge in [-0.1, -0.05) is 12.1 Å². The summed E-state index contributed by atoms with van der Waals surface area (Å²) in [4.78, 5) is 5.56. The van der Waals surface area contributed by atoms with Crippen molar-refractivity contribution in [2.75, 3.05) is 38.3 Å². The summed E-state index contributed by atoms with van der Waals surface area (Å²) in [7, 11) is 1.69. The van der Waals surface area contributed by atoms with Crippen molar-refractivity contribution in [3.8, 4) is 17.0 Å². The molecule has 0 atom stereocenters. The van der Waals surface area contributed by atoms with E-state index in [1.807, 2.05) is 12.3 Å². The van der Waals surface area contributed by atoms with Crippen LogP contribution in [0.4, 0.5) is 5.69 Å². The molecule has 3 rings (SSSR count). The molecule has 0 amide bonds. The van der Waals surface area contributed by atoms with E-state index in [9.17, 15) is 0 Å². The number of benzene rings is 1. The first-order valence-electron chi connectivity index (χ1n) is 6.53. The van der Waals surface area contributed by atoms with Gasteiger partial charge < -0.3 is 19.4 Å². The van der Waals surface area contributed by atoms with Crippen LogP contribution < -0.4 is 9.64 Å². The van der Waals surface area contributed by atoms with Gasteiger partial charge in [-0.05, 0) is 18.2 Å². The zero-order valence-electron chi connectivity index (χ0n) is 11.1. The van der Waals surface area contributed by atoms with E-state index >= 15 is 0 Å². The molecule has 1 aliphatic rings. The van der Waals surface area contributed by atoms with Gasteiger partial charge in [-0.25, -0.2) is 0 Å². The van der Waals surface area contributed by atoms with E-state index in [1.165, 1.54) is 5.69 Å². The Morgan fingerprint density at radius 2 is 1.84 bits per heavy atom. The van der Waals surface area contributed by atoms with E-state index < -0.39 is 0 Å². The van der Waals surface area contributed by atoms with Crippen molar-refractivity contribution in [1.29, 1.82) is 0 Å². The molecule has 0 saturated carbocycles. The van der Waals surface area contributed by atoms with Crippen molar-refractivity contribution in [3.63, 3.8) is 0 Å². The van der Waals surface area contributed by atoms with Gasteiger partial charge in [0.1, 0.15) is 5.75 Å². The highest BCUT2D eigenvalue weighted by molar-refractivity contribution is 5.69. The molecule has 4 nitrogen and oxygen atoms in total. The van der Waals surface area contributed by atoms with Crippen LogP contribution in [-0.4, -0.2) is 38.4 Å². The number of methoxy groups -OCH3 is 1. The second-order valence-corrected chi connectivity index (χ2v) is 4.57. The summed E-state index contributed by atoms with van der Waals surface area (Å²) in [5.74, 6) is 0.874. The highest BCUT2D eigenvalue weighted by Gasteiger charge is 2.12. The Kier molecular flexibility index (Phi) is 3.42. The van der Waals surface area contributed by atoms with E-state index in [4.69, 9.17) is 9.47 Å². The van der Waals surface area contributed by atoms with Gasteiger partial charge >= 0.3 is 0 Å². The number of hydrogen-bond acceptors (Lipinski definition) is 3. The molecule has 1 N–H and O–H groups in total. The van der Waals surface area contributed by atoms with Gasteiger partial charge in [0.2, 0.25) is 0 Å². The van der Waals surface area contributed by atoms with Crippen molar-refractivity contribution < 1.29 is 9.47 Å². The molecule has 1 fully saturated rings. The van der Waals surface area contributed by atoms with Crippen LogP contribution in [0.5, 0.6) is 5.75 Å². The topological polar surface area (TPSA) is 37.5 Å². The third-order valence-corrected chi connectivity index (χ3v) is 3.46. The standard InChI is InChI=1S/C15H18N2O2/c1-18-14-6-7-16-15(14)12-2-4-13(5-3-12)17-8-10-19-11-9-17/h2-7,16H,8-11H2,1H3. The molecule has 1 aliphatic heterocycles. The zero-order chi connectivity index (χ0) is 13.1. The second kappa shape index (κ2) is 5.36. The Balaban J connectivity index is 1.82. The number of aromatic nitrogens is 1. The van der Waals surface area contributed by atoms with Crippen molar-refractivity contribution >= 4 is 5.69 Å². The fourth-order valence-corrected chi connectivity index (χ4v) is 2.41. The number of aromatic amines is 1. The van der Waals surface area contributed by atoms with Crippen LogP contribution in [0.2, 0.25) is 0 Å². The Morgan fingerprint density at radius 1 is 1.11 bits per heavy atom. The maximum atomic E-state index is 5.37. The molecule has 1 saturated heterocycles. The molecule has 0 spiro atoms. The first kappa shape index (κ1) is 12.1. The third-order valence-electron chi connectivity index (χ3n) is 3.46. The van der Waals surface area contributed by atoms with Crippen LogP contribution in [0.25, 0.3) is 11.3 Å². The molecular weight excluding hydrogens is 240 g/mol. The number of morpholine rings is 1. The minimum absolute atomic E-state index is 0.812. The van der Waals surface area contributed by atoms with Crippen molar-refractivity contribution in [3.05, 3.63) is 36.5 Å². The molecule has 2 aromatic rings. The highest BCUT2D eigenvalue weighted by atomic mass is 16.5. The minimum Gasteiger partial charge on any atom is -0.494 e. The van der Waals surface area contributed by atoms with E-state index in [0.717, 1.165) is 43.3 Å². The number of anilines is 1. The van der Waals surface area contributed by atoms with Gasteiger partial charge in [0.15, 0.2) is 0 Å². The summed E-state index contributed by atoms with van der Waals surface area (Å²) < 4.78 is 10.7. The van der Waals surface area contributed by atoms with Crippen LogP contribution in [-0.2, 0) is 4.74 Å². The van der Waals surface area contributed by atoms with Gasteiger partial charge in [0, 0.05) is 30.5 Å². The maximum Gasteiger partial charge on any atom is 0.144 e. The highest BCUT2D eigenvalue weighted by Crippen LogP contribution is 2.29. The van der Waals surface area contributed by atoms with Crippen LogP contribution in [0, 0.1) is 0 Å². The van der Waals surface area contributed by atoms with E-state index in [1.54, 1.807) is 7.11 Å². The summed E-state index contributed by atoms with van der Waals surface area (Å²) in [6.07, 6.45) is 1.89. The first-order chi connectivity index (χ1) is 9.38. The molecule has 4 heteroatoms. The van der Waals surface area contributed by atoms with Gasteiger partial charge in [0.05, 0.1) is 26.0 Å². The third kappa shape index (κ3) is 2.44. The molecule has 0 unspecified atom stereocenters. The average Bonchev–Trinajstić information content (AvgIpc) is 2.97. The minimum atomic E-state index is 0.812. The second-order valence-electron chi connectivity index (χ2n) is 4.57. The largest absolute Gasteiger partial charge is 0.494 e. The molecule has 0 radical (unpaired) electrons.